The molecule has 0 radical (unpaired) electrons. The van der Waals surface area contributed by atoms with Crippen LogP contribution >= 0.6 is 0 Å². The number of fused-ring (bicyclic) bond motifs is 9. The fourth-order valence-corrected chi connectivity index (χ4v) is 7.63. The lowest BCUT2D eigenvalue weighted by Gasteiger charge is -2.28. The maximum atomic E-state index is 6.66. The molecule has 0 unspecified atom stereocenters. The number of nitrogens with zero attached hydrogens (tertiary/aromatic N) is 1. The van der Waals surface area contributed by atoms with Gasteiger partial charge in [0.25, 0.3) is 0 Å². The van der Waals surface area contributed by atoms with Gasteiger partial charge in [0.05, 0.1) is 11.4 Å². The lowest BCUT2D eigenvalue weighted by molar-refractivity contribution is 0.669. The molecule has 0 N–H and O–H groups in total. The Hall–Kier alpha value is -6.38. The molecule has 1 aromatic heterocycles. The van der Waals surface area contributed by atoms with Gasteiger partial charge in [-0.05, 0) is 79.2 Å². The second-order valence-corrected chi connectivity index (χ2v) is 12.5. The fourth-order valence-electron chi connectivity index (χ4n) is 7.63. The van der Waals surface area contributed by atoms with E-state index >= 15 is 0 Å². The molecule has 10 aromatic rings. The minimum Gasteiger partial charge on any atom is -0.454 e. The Kier molecular flexibility index (Phi) is 5.91. The van der Waals surface area contributed by atoms with Crippen molar-refractivity contribution in [2.24, 2.45) is 0 Å². The summed E-state index contributed by atoms with van der Waals surface area (Å²) in [6, 6.07) is 63.3. The SMILES string of the molecule is c1ccc2c(-c3ccc(N(c4cc5ccc6ccccc6c5c5ccccc45)c4cccc5c4oc4ccccc45)cc3)cccc2c1. The number of hydrogen-bond acceptors (Lipinski definition) is 2. The van der Waals surface area contributed by atoms with Crippen LogP contribution in [0.15, 0.2) is 180 Å². The number of benzene rings is 9. The van der Waals surface area contributed by atoms with Crippen LogP contribution in [0.4, 0.5) is 17.1 Å². The summed E-state index contributed by atoms with van der Waals surface area (Å²) >= 11 is 0. The predicted molar refractivity (Wildman–Crippen MR) is 204 cm³/mol. The van der Waals surface area contributed by atoms with Crippen molar-refractivity contribution in [2.45, 2.75) is 0 Å². The zero-order chi connectivity index (χ0) is 31.6. The molecule has 2 heteroatoms. The zero-order valence-corrected chi connectivity index (χ0v) is 26.1. The van der Waals surface area contributed by atoms with E-state index in [9.17, 15) is 0 Å². The van der Waals surface area contributed by atoms with Crippen molar-refractivity contribution < 1.29 is 4.42 Å². The van der Waals surface area contributed by atoms with Crippen molar-refractivity contribution in [2.75, 3.05) is 4.90 Å². The molecule has 48 heavy (non-hydrogen) atoms. The molecule has 0 saturated heterocycles. The number of furan rings is 1. The average molecular weight is 612 g/mol. The molecule has 224 valence electrons. The van der Waals surface area contributed by atoms with Crippen molar-refractivity contribution in [3.8, 4) is 11.1 Å². The van der Waals surface area contributed by atoms with E-state index in [0.29, 0.717) is 0 Å². The third-order valence-corrected chi connectivity index (χ3v) is 9.82. The molecule has 0 aliphatic carbocycles. The molecule has 0 amide bonds. The second-order valence-electron chi connectivity index (χ2n) is 12.5. The molecule has 9 aromatic carbocycles. The van der Waals surface area contributed by atoms with Gasteiger partial charge in [-0.25, -0.2) is 0 Å². The summed E-state index contributed by atoms with van der Waals surface area (Å²) in [5, 5.41) is 12.1. The van der Waals surface area contributed by atoms with E-state index in [1.807, 2.05) is 6.07 Å². The van der Waals surface area contributed by atoms with Gasteiger partial charge in [-0.15, -0.1) is 0 Å². The first-order chi connectivity index (χ1) is 23.8. The van der Waals surface area contributed by atoms with Crippen LogP contribution in [-0.4, -0.2) is 0 Å². The van der Waals surface area contributed by atoms with Crippen molar-refractivity contribution in [1.82, 2.24) is 0 Å². The minimum atomic E-state index is 0.875. The molecule has 0 aliphatic rings. The largest absolute Gasteiger partial charge is 0.454 e. The van der Waals surface area contributed by atoms with Gasteiger partial charge in [-0.1, -0.05) is 146 Å². The van der Waals surface area contributed by atoms with Crippen LogP contribution in [0.25, 0.3) is 76.2 Å². The highest BCUT2D eigenvalue weighted by Gasteiger charge is 2.22. The highest BCUT2D eigenvalue weighted by atomic mass is 16.3. The monoisotopic (exact) mass is 611 g/mol. The molecular weight excluding hydrogens is 583 g/mol. The molecule has 0 aliphatic heterocycles. The summed E-state index contributed by atoms with van der Waals surface area (Å²) < 4.78 is 6.66. The molecule has 0 atom stereocenters. The van der Waals surface area contributed by atoms with Crippen LogP contribution in [0.2, 0.25) is 0 Å². The Morgan fingerprint density at radius 3 is 1.81 bits per heavy atom. The Labute approximate surface area is 277 Å². The van der Waals surface area contributed by atoms with Gasteiger partial charge in [0, 0.05) is 21.8 Å². The van der Waals surface area contributed by atoms with Gasteiger partial charge >= 0.3 is 0 Å². The zero-order valence-electron chi connectivity index (χ0n) is 26.1. The van der Waals surface area contributed by atoms with Gasteiger partial charge in [0.2, 0.25) is 0 Å². The quantitative estimate of drug-likeness (QED) is 0.184. The first kappa shape index (κ1) is 26.8. The highest BCUT2D eigenvalue weighted by molar-refractivity contribution is 6.24. The summed E-state index contributed by atoms with van der Waals surface area (Å²) in [7, 11) is 0. The second kappa shape index (κ2) is 10.6. The van der Waals surface area contributed by atoms with Crippen LogP contribution in [-0.2, 0) is 0 Å². The van der Waals surface area contributed by atoms with Crippen LogP contribution < -0.4 is 4.90 Å². The molecular formula is C46H29NO. The molecule has 0 saturated carbocycles. The molecule has 0 fully saturated rings. The van der Waals surface area contributed by atoms with E-state index in [2.05, 4.69) is 175 Å². The summed E-state index contributed by atoms with van der Waals surface area (Å²) in [6.45, 7) is 0. The van der Waals surface area contributed by atoms with Gasteiger partial charge in [-0.3, -0.25) is 0 Å². The third-order valence-electron chi connectivity index (χ3n) is 9.82. The van der Waals surface area contributed by atoms with Gasteiger partial charge < -0.3 is 9.32 Å². The lowest BCUT2D eigenvalue weighted by atomic mass is 9.94. The van der Waals surface area contributed by atoms with Gasteiger partial charge in [0.1, 0.15) is 5.58 Å². The number of anilines is 3. The molecule has 0 spiro atoms. The van der Waals surface area contributed by atoms with E-state index in [-0.39, 0.29) is 0 Å². The summed E-state index contributed by atoms with van der Waals surface area (Å²) in [6.07, 6.45) is 0. The Morgan fingerprint density at radius 2 is 0.979 bits per heavy atom. The van der Waals surface area contributed by atoms with Crippen LogP contribution in [0.5, 0.6) is 0 Å². The first-order valence-corrected chi connectivity index (χ1v) is 16.4. The summed E-state index contributed by atoms with van der Waals surface area (Å²) in [5.74, 6) is 0. The first-order valence-electron chi connectivity index (χ1n) is 16.4. The van der Waals surface area contributed by atoms with Crippen LogP contribution in [0.1, 0.15) is 0 Å². The maximum absolute atomic E-state index is 6.66. The number of hydrogen-bond donors (Lipinski definition) is 0. The molecule has 2 nitrogen and oxygen atoms in total. The van der Waals surface area contributed by atoms with E-state index in [0.717, 1.165) is 39.0 Å². The number of rotatable bonds is 4. The Morgan fingerprint density at radius 1 is 0.375 bits per heavy atom. The maximum Gasteiger partial charge on any atom is 0.159 e. The topological polar surface area (TPSA) is 16.4 Å². The van der Waals surface area contributed by atoms with Crippen LogP contribution in [0.3, 0.4) is 0 Å². The van der Waals surface area contributed by atoms with Crippen molar-refractivity contribution in [3.63, 3.8) is 0 Å². The van der Waals surface area contributed by atoms with Crippen molar-refractivity contribution in [3.05, 3.63) is 176 Å². The number of para-hydroxylation sites is 2. The highest BCUT2D eigenvalue weighted by Crippen LogP contribution is 2.47. The van der Waals surface area contributed by atoms with Gasteiger partial charge in [-0.2, -0.15) is 0 Å². The average Bonchev–Trinajstić information content (AvgIpc) is 3.54. The Balaban J connectivity index is 1.26. The Bertz CT molecular complexity index is 2840. The normalized spacial score (nSPS) is 11.8. The summed E-state index contributed by atoms with van der Waals surface area (Å²) in [5.41, 5.74) is 7.37. The predicted octanol–water partition coefficient (Wildman–Crippen LogP) is 13.3. The third kappa shape index (κ3) is 4.06. The molecule has 10 rings (SSSR count). The lowest BCUT2D eigenvalue weighted by Crippen LogP contribution is -2.11. The molecule has 1 heterocycles. The van der Waals surface area contributed by atoms with E-state index < -0.39 is 0 Å². The minimum absolute atomic E-state index is 0.875. The van der Waals surface area contributed by atoms with Crippen molar-refractivity contribution in [1.29, 1.82) is 0 Å². The van der Waals surface area contributed by atoms with Crippen LogP contribution in [0, 0.1) is 0 Å². The van der Waals surface area contributed by atoms with Crippen molar-refractivity contribution >= 4 is 82.1 Å². The smallest absolute Gasteiger partial charge is 0.159 e. The van der Waals surface area contributed by atoms with Gasteiger partial charge in [0.15, 0.2) is 5.58 Å². The van der Waals surface area contributed by atoms with E-state index in [4.69, 9.17) is 4.42 Å². The van der Waals surface area contributed by atoms with E-state index in [1.54, 1.807) is 0 Å². The standard InChI is InChI=1S/C46H29NO/c1-3-14-35-30(11-1)13-9-19-36(35)32-25-27-34(28-26-32)47(42-21-10-20-41-39-17-7-8-22-44(39)48-46(41)42)43-29-33-24-23-31-12-2-4-15-37(31)45(33)40-18-6-5-16-38(40)43/h1-29H. The molecule has 0 bridgehead atoms. The summed E-state index contributed by atoms with van der Waals surface area (Å²) in [4.78, 5) is 2.38. The fraction of sp³-hybridized carbons (Fsp3) is 0. The van der Waals surface area contributed by atoms with E-state index in [1.165, 1.54) is 54.2 Å².